The third-order valence-corrected chi connectivity index (χ3v) is 4.34. The quantitative estimate of drug-likeness (QED) is 0.510. The molecule has 3 aromatic rings. The molecule has 1 aliphatic rings. The second kappa shape index (κ2) is 5.13. The zero-order valence-electron chi connectivity index (χ0n) is 12.8. The van der Waals surface area contributed by atoms with Crippen LogP contribution in [0.15, 0.2) is 71.2 Å². The standard InChI is InChI=1S/C20H16O3/c1-12-7-9-14(10-8-12)18-13(2)20(21)23-19(18)17-11-15-5-3-4-6-16(15)22-17/h3-11,18-19H,2H2,1H3. The van der Waals surface area contributed by atoms with Crippen molar-refractivity contribution in [3.63, 3.8) is 0 Å². The van der Waals surface area contributed by atoms with Gasteiger partial charge in [-0.15, -0.1) is 0 Å². The molecule has 3 nitrogen and oxygen atoms in total. The number of rotatable bonds is 2. The maximum atomic E-state index is 12.1. The molecule has 2 atom stereocenters. The number of aryl methyl sites for hydroxylation is 1. The fourth-order valence-corrected chi connectivity index (χ4v) is 3.08. The van der Waals surface area contributed by atoms with Crippen molar-refractivity contribution in [3.05, 3.63) is 83.6 Å². The lowest BCUT2D eigenvalue weighted by Gasteiger charge is -2.16. The summed E-state index contributed by atoms with van der Waals surface area (Å²) < 4.78 is 11.5. The average Bonchev–Trinajstić information content (AvgIpc) is 3.10. The van der Waals surface area contributed by atoms with Gasteiger partial charge in [-0.3, -0.25) is 0 Å². The summed E-state index contributed by atoms with van der Waals surface area (Å²) in [6.07, 6.45) is -0.467. The Labute approximate surface area is 134 Å². The molecule has 0 spiro atoms. The Balaban J connectivity index is 1.80. The van der Waals surface area contributed by atoms with Crippen LogP contribution in [0.1, 0.15) is 28.9 Å². The minimum atomic E-state index is -0.467. The van der Waals surface area contributed by atoms with Crippen molar-refractivity contribution in [2.45, 2.75) is 18.9 Å². The average molecular weight is 304 g/mol. The van der Waals surface area contributed by atoms with E-state index in [1.54, 1.807) is 0 Å². The highest BCUT2D eigenvalue weighted by molar-refractivity contribution is 5.92. The van der Waals surface area contributed by atoms with Gasteiger partial charge < -0.3 is 9.15 Å². The van der Waals surface area contributed by atoms with Gasteiger partial charge in [-0.05, 0) is 24.6 Å². The van der Waals surface area contributed by atoms with Crippen molar-refractivity contribution in [3.8, 4) is 0 Å². The largest absolute Gasteiger partial charge is 0.457 e. The van der Waals surface area contributed by atoms with Crippen LogP contribution in [0.3, 0.4) is 0 Å². The number of cyclic esters (lactones) is 1. The van der Waals surface area contributed by atoms with Gasteiger partial charge in [0, 0.05) is 11.0 Å². The van der Waals surface area contributed by atoms with Gasteiger partial charge in [0.2, 0.25) is 0 Å². The normalized spacial score (nSPS) is 20.9. The van der Waals surface area contributed by atoms with Crippen molar-refractivity contribution in [1.82, 2.24) is 0 Å². The molecule has 2 heterocycles. The van der Waals surface area contributed by atoms with Crippen molar-refractivity contribution >= 4 is 16.9 Å². The van der Waals surface area contributed by atoms with Crippen LogP contribution >= 0.6 is 0 Å². The van der Waals surface area contributed by atoms with E-state index in [-0.39, 0.29) is 11.9 Å². The predicted octanol–water partition coefficient (Wildman–Crippen LogP) is 4.68. The molecule has 3 heteroatoms. The second-order valence-corrected chi connectivity index (χ2v) is 5.93. The molecule has 0 amide bonds. The molecule has 1 aromatic heterocycles. The van der Waals surface area contributed by atoms with Crippen LogP contribution in [-0.2, 0) is 9.53 Å². The molecule has 0 bridgehead atoms. The van der Waals surface area contributed by atoms with Gasteiger partial charge in [0.05, 0.1) is 5.92 Å². The van der Waals surface area contributed by atoms with Crippen molar-refractivity contribution in [2.75, 3.05) is 0 Å². The highest BCUT2D eigenvalue weighted by Gasteiger charge is 2.42. The van der Waals surface area contributed by atoms with Gasteiger partial charge in [0.25, 0.3) is 0 Å². The van der Waals surface area contributed by atoms with E-state index >= 15 is 0 Å². The molecule has 23 heavy (non-hydrogen) atoms. The first-order valence-electron chi connectivity index (χ1n) is 7.58. The number of fused-ring (bicyclic) bond motifs is 1. The molecule has 2 aromatic carbocycles. The monoisotopic (exact) mass is 304 g/mol. The third kappa shape index (κ3) is 2.25. The molecule has 2 unspecified atom stereocenters. The van der Waals surface area contributed by atoms with E-state index < -0.39 is 6.10 Å². The minimum Gasteiger partial charge on any atom is -0.457 e. The highest BCUT2D eigenvalue weighted by Crippen LogP contribution is 2.46. The number of carbonyl (C=O) groups is 1. The number of hydrogen-bond donors (Lipinski definition) is 0. The molecule has 1 saturated heterocycles. The van der Waals surface area contributed by atoms with Crippen LogP contribution < -0.4 is 0 Å². The fraction of sp³-hybridized carbons (Fsp3) is 0.150. The number of benzene rings is 2. The van der Waals surface area contributed by atoms with E-state index in [9.17, 15) is 4.79 Å². The lowest BCUT2D eigenvalue weighted by Crippen LogP contribution is -2.06. The summed E-state index contributed by atoms with van der Waals surface area (Å²) in [7, 11) is 0. The number of carbonyl (C=O) groups excluding carboxylic acids is 1. The lowest BCUT2D eigenvalue weighted by atomic mass is 9.88. The first-order chi connectivity index (χ1) is 11.1. The van der Waals surface area contributed by atoms with Crippen LogP contribution in [0, 0.1) is 6.92 Å². The Hall–Kier alpha value is -2.81. The van der Waals surface area contributed by atoms with E-state index in [4.69, 9.17) is 9.15 Å². The Morgan fingerprint density at radius 2 is 1.78 bits per heavy atom. The van der Waals surface area contributed by atoms with Gasteiger partial charge in [-0.1, -0.05) is 54.6 Å². The minimum absolute atomic E-state index is 0.219. The van der Waals surface area contributed by atoms with Crippen LogP contribution in [0.25, 0.3) is 11.0 Å². The van der Waals surface area contributed by atoms with E-state index in [1.807, 2.05) is 61.5 Å². The summed E-state index contributed by atoms with van der Waals surface area (Å²) in [5.74, 6) is 0.0773. The number of ether oxygens (including phenoxy) is 1. The third-order valence-electron chi connectivity index (χ3n) is 4.34. The maximum Gasteiger partial charge on any atom is 0.334 e. The van der Waals surface area contributed by atoms with Crippen LogP contribution in [-0.4, -0.2) is 5.97 Å². The molecular formula is C20H16O3. The first kappa shape index (κ1) is 13.8. The first-order valence-corrected chi connectivity index (χ1v) is 7.58. The van der Waals surface area contributed by atoms with Crippen molar-refractivity contribution < 1.29 is 13.9 Å². The number of hydrogen-bond acceptors (Lipinski definition) is 3. The molecule has 1 fully saturated rings. The summed E-state index contributed by atoms with van der Waals surface area (Å²) in [5.41, 5.74) is 3.44. The Kier molecular flexibility index (Phi) is 3.08. The summed E-state index contributed by atoms with van der Waals surface area (Å²) in [6, 6.07) is 17.8. The van der Waals surface area contributed by atoms with Crippen molar-refractivity contribution in [2.24, 2.45) is 0 Å². The Morgan fingerprint density at radius 3 is 2.52 bits per heavy atom. The van der Waals surface area contributed by atoms with Gasteiger partial charge in [-0.25, -0.2) is 4.79 Å². The zero-order valence-corrected chi connectivity index (χ0v) is 12.8. The van der Waals surface area contributed by atoms with E-state index in [0.717, 1.165) is 16.5 Å². The molecule has 114 valence electrons. The molecular weight excluding hydrogens is 288 g/mol. The smallest absolute Gasteiger partial charge is 0.334 e. The van der Waals surface area contributed by atoms with Crippen LogP contribution in [0.4, 0.5) is 0 Å². The summed E-state index contributed by atoms with van der Waals surface area (Å²) >= 11 is 0. The summed E-state index contributed by atoms with van der Waals surface area (Å²) in [4.78, 5) is 12.1. The second-order valence-electron chi connectivity index (χ2n) is 5.93. The molecule has 4 rings (SSSR count). The Bertz CT molecular complexity index is 869. The molecule has 1 aliphatic heterocycles. The van der Waals surface area contributed by atoms with Crippen LogP contribution in [0.2, 0.25) is 0 Å². The molecule has 0 aliphatic carbocycles. The SMILES string of the molecule is C=C1C(=O)OC(c2cc3ccccc3o2)C1c1ccc(C)cc1. The van der Waals surface area contributed by atoms with Crippen molar-refractivity contribution in [1.29, 1.82) is 0 Å². The Morgan fingerprint density at radius 1 is 1.04 bits per heavy atom. The van der Waals surface area contributed by atoms with Gasteiger partial charge in [0.15, 0.2) is 6.10 Å². The van der Waals surface area contributed by atoms with Crippen LogP contribution in [0.5, 0.6) is 0 Å². The highest BCUT2D eigenvalue weighted by atomic mass is 16.6. The molecule has 0 radical (unpaired) electrons. The predicted molar refractivity (Wildman–Crippen MR) is 88.1 cm³/mol. The van der Waals surface area contributed by atoms with Gasteiger partial charge in [0.1, 0.15) is 11.3 Å². The maximum absolute atomic E-state index is 12.1. The number of furan rings is 1. The van der Waals surface area contributed by atoms with E-state index in [0.29, 0.717) is 11.3 Å². The van der Waals surface area contributed by atoms with Gasteiger partial charge >= 0.3 is 5.97 Å². The van der Waals surface area contributed by atoms with E-state index in [2.05, 4.69) is 6.58 Å². The summed E-state index contributed by atoms with van der Waals surface area (Å²) in [6.45, 7) is 5.96. The molecule has 0 N–H and O–H groups in total. The number of esters is 1. The summed E-state index contributed by atoms with van der Waals surface area (Å²) in [5, 5.41) is 0.999. The number of para-hydroxylation sites is 1. The zero-order chi connectivity index (χ0) is 16.0. The fourth-order valence-electron chi connectivity index (χ4n) is 3.08. The van der Waals surface area contributed by atoms with E-state index in [1.165, 1.54) is 5.56 Å². The lowest BCUT2D eigenvalue weighted by molar-refractivity contribution is -0.139. The molecule has 0 saturated carbocycles. The topological polar surface area (TPSA) is 39.4 Å². The van der Waals surface area contributed by atoms with Gasteiger partial charge in [-0.2, -0.15) is 0 Å².